The van der Waals surface area contributed by atoms with Crippen LogP contribution in [0.4, 0.5) is 0 Å². The Hall–Kier alpha value is -1.40. The number of hydrogen-bond acceptors (Lipinski definition) is 5. The van der Waals surface area contributed by atoms with Crippen LogP contribution < -0.4 is 5.32 Å². The number of carbonyl (C=O) groups excluding carboxylic acids is 1. The zero-order valence-electron chi connectivity index (χ0n) is 6.90. The van der Waals surface area contributed by atoms with Crippen molar-refractivity contribution in [3.8, 4) is 0 Å². The second-order valence-corrected chi connectivity index (χ2v) is 2.11. The molecule has 0 fully saturated rings. The summed E-state index contributed by atoms with van der Waals surface area (Å²) in [6.07, 6.45) is -0.311. The number of carboxylic acids is 1. The van der Waals surface area contributed by atoms with E-state index in [9.17, 15) is 9.59 Å². The van der Waals surface area contributed by atoms with Gasteiger partial charge in [-0.1, -0.05) is 6.58 Å². The molecule has 3 N–H and O–H groups in total. The van der Waals surface area contributed by atoms with Gasteiger partial charge in [0.15, 0.2) is 0 Å². The summed E-state index contributed by atoms with van der Waals surface area (Å²) < 4.78 is 4.32. The molecule has 1 unspecified atom stereocenters. The summed E-state index contributed by atoms with van der Waals surface area (Å²) in [5, 5.41) is 19.2. The average molecular weight is 189 g/mol. The van der Waals surface area contributed by atoms with Crippen LogP contribution in [0.25, 0.3) is 0 Å². The molecule has 0 aliphatic rings. The molecule has 0 aliphatic carbocycles. The molecule has 0 saturated heterocycles. The number of hydrogen-bond donors (Lipinski definition) is 3. The van der Waals surface area contributed by atoms with Gasteiger partial charge in [0.05, 0.1) is 13.1 Å². The lowest BCUT2D eigenvalue weighted by molar-refractivity contribution is -0.159. The van der Waals surface area contributed by atoms with Gasteiger partial charge in [-0.3, -0.25) is 14.9 Å². The van der Waals surface area contributed by atoms with Crippen molar-refractivity contribution >= 4 is 11.9 Å². The van der Waals surface area contributed by atoms with Crippen LogP contribution in [0.1, 0.15) is 0 Å². The van der Waals surface area contributed by atoms with Gasteiger partial charge in [0.2, 0.25) is 6.29 Å². The maximum atomic E-state index is 10.7. The van der Waals surface area contributed by atoms with Crippen molar-refractivity contribution in [2.45, 2.75) is 6.29 Å². The normalized spacial score (nSPS) is 11.8. The summed E-state index contributed by atoms with van der Waals surface area (Å²) in [5.41, 5.74) is 0. The zero-order valence-corrected chi connectivity index (χ0v) is 6.90. The SMILES string of the molecule is C=CC(O)OC(=O)CNCC(=O)O. The molecule has 6 heteroatoms. The van der Waals surface area contributed by atoms with Crippen LogP contribution in [-0.4, -0.2) is 41.5 Å². The van der Waals surface area contributed by atoms with Crippen LogP contribution in [0.15, 0.2) is 12.7 Å². The maximum absolute atomic E-state index is 10.7. The van der Waals surface area contributed by atoms with Gasteiger partial charge in [-0.05, 0) is 6.08 Å². The number of esters is 1. The van der Waals surface area contributed by atoms with Gasteiger partial charge in [-0.2, -0.15) is 0 Å². The Morgan fingerprint density at radius 3 is 2.62 bits per heavy atom. The summed E-state index contributed by atoms with van der Waals surface area (Å²) >= 11 is 0. The standard InChI is InChI=1S/C7H11NO5/c1-2-6(11)13-7(12)4-8-3-5(9)10/h2,6,8,11H,1,3-4H2,(H,9,10). The first-order valence-electron chi connectivity index (χ1n) is 3.49. The van der Waals surface area contributed by atoms with Crippen LogP contribution in [0.5, 0.6) is 0 Å². The summed E-state index contributed by atoms with van der Waals surface area (Å²) in [6.45, 7) is 2.58. The van der Waals surface area contributed by atoms with E-state index >= 15 is 0 Å². The highest BCUT2D eigenvalue weighted by Crippen LogP contribution is 1.87. The van der Waals surface area contributed by atoms with Gasteiger partial charge in [0, 0.05) is 0 Å². The van der Waals surface area contributed by atoms with Crippen molar-refractivity contribution in [3.63, 3.8) is 0 Å². The van der Waals surface area contributed by atoms with Crippen molar-refractivity contribution in [1.82, 2.24) is 5.32 Å². The zero-order chi connectivity index (χ0) is 10.3. The third-order valence-corrected chi connectivity index (χ3v) is 0.999. The minimum atomic E-state index is -1.35. The van der Waals surface area contributed by atoms with Crippen molar-refractivity contribution in [1.29, 1.82) is 0 Å². The summed E-state index contributed by atoms with van der Waals surface area (Å²) in [6, 6.07) is 0. The van der Waals surface area contributed by atoms with Crippen LogP contribution in [0.3, 0.4) is 0 Å². The molecule has 0 aromatic heterocycles. The summed E-state index contributed by atoms with van der Waals surface area (Å²) in [5.74, 6) is -1.81. The first kappa shape index (κ1) is 11.6. The smallest absolute Gasteiger partial charge is 0.322 e. The first-order chi connectivity index (χ1) is 6.06. The first-order valence-corrected chi connectivity index (χ1v) is 3.49. The Morgan fingerprint density at radius 1 is 1.54 bits per heavy atom. The van der Waals surface area contributed by atoms with Crippen LogP contribution >= 0.6 is 0 Å². The molecule has 0 spiro atoms. The Morgan fingerprint density at radius 2 is 2.15 bits per heavy atom. The number of ether oxygens (including phenoxy) is 1. The highest BCUT2D eigenvalue weighted by Gasteiger charge is 2.07. The third-order valence-electron chi connectivity index (χ3n) is 0.999. The fourth-order valence-corrected chi connectivity index (χ4v) is 0.496. The monoisotopic (exact) mass is 189 g/mol. The number of aliphatic hydroxyl groups excluding tert-OH is 1. The van der Waals surface area contributed by atoms with E-state index in [-0.39, 0.29) is 13.1 Å². The van der Waals surface area contributed by atoms with Gasteiger partial charge < -0.3 is 14.9 Å². The van der Waals surface area contributed by atoms with Crippen molar-refractivity contribution < 1.29 is 24.5 Å². The van der Waals surface area contributed by atoms with Crippen LogP contribution in [0, 0.1) is 0 Å². The second-order valence-electron chi connectivity index (χ2n) is 2.11. The van der Waals surface area contributed by atoms with Gasteiger partial charge in [-0.15, -0.1) is 0 Å². The van der Waals surface area contributed by atoms with Crippen molar-refractivity contribution in [3.05, 3.63) is 12.7 Å². The molecule has 6 nitrogen and oxygen atoms in total. The van der Waals surface area contributed by atoms with E-state index in [2.05, 4.69) is 16.6 Å². The van der Waals surface area contributed by atoms with Crippen LogP contribution in [-0.2, 0) is 14.3 Å². The molecule has 0 aliphatic heterocycles. The Bertz CT molecular complexity index is 203. The number of aliphatic carboxylic acids is 1. The highest BCUT2D eigenvalue weighted by molar-refractivity contribution is 5.74. The molecule has 0 amide bonds. The summed E-state index contributed by atoms with van der Waals surface area (Å²) in [4.78, 5) is 20.7. The Kier molecular flexibility index (Phi) is 5.49. The number of nitrogens with one attached hydrogen (secondary N) is 1. The Labute approximate surface area is 74.8 Å². The molecule has 0 heterocycles. The molecular weight excluding hydrogens is 178 g/mol. The highest BCUT2D eigenvalue weighted by atomic mass is 16.6. The lowest BCUT2D eigenvalue weighted by Crippen LogP contribution is -2.31. The molecule has 0 bridgehead atoms. The third kappa shape index (κ3) is 6.98. The fraction of sp³-hybridized carbons (Fsp3) is 0.429. The minimum Gasteiger partial charge on any atom is -0.480 e. The molecule has 0 aromatic rings. The van der Waals surface area contributed by atoms with E-state index in [1.807, 2.05) is 0 Å². The lowest BCUT2D eigenvalue weighted by atomic mass is 10.5. The average Bonchev–Trinajstić information content (AvgIpc) is 2.03. The van der Waals surface area contributed by atoms with E-state index in [4.69, 9.17) is 10.2 Å². The topological polar surface area (TPSA) is 95.9 Å². The summed E-state index contributed by atoms with van der Waals surface area (Å²) in [7, 11) is 0. The quantitative estimate of drug-likeness (QED) is 0.273. The molecule has 1 atom stereocenters. The predicted octanol–water partition coefficient (Wildman–Crippen LogP) is -1.29. The molecule has 0 aromatic carbocycles. The number of carbonyl (C=O) groups is 2. The molecule has 0 saturated carbocycles. The second kappa shape index (κ2) is 6.15. The minimum absolute atomic E-state index is 0.267. The number of carboxylic acid groups (broad SMARTS) is 1. The van der Waals surface area contributed by atoms with E-state index in [1.54, 1.807) is 0 Å². The van der Waals surface area contributed by atoms with E-state index < -0.39 is 18.2 Å². The maximum Gasteiger partial charge on any atom is 0.322 e. The predicted molar refractivity (Wildman–Crippen MR) is 42.8 cm³/mol. The van der Waals surface area contributed by atoms with Gasteiger partial charge in [-0.25, -0.2) is 0 Å². The van der Waals surface area contributed by atoms with E-state index in [1.165, 1.54) is 0 Å². The van der Waals surface area contributed by atoms with Gasteiger partial charge >= 0.3 is 11.9 Å². The Balaban J connectivity index is 3.51. The van der Waals surface area contributed by atoms with Crippen molar-refractivity contribution in [2.24, 2.45) is 0 Å². The number of aliphatic hydroxyl groups is 1. The lowest BCUT2D eigenvalue weighted by Gasteiger charge is -2.07. The fourth-order valence-electron chi connectivity index (χ4n) is 0.496. The van der Waals surface area contributed by atoms with Crippen LogP contribution in [0.2, 0.25) is 0 Å². The van der Waals surface area contributed by atoms with Crippen molar-refractivity contribution in [2.75, 3.05) is 13.1 Å². The van der Waals surface area contributed by atoms with E-state index in [0.717, 1.165) is 6.08 Å². The molecule has 0 radical (unpaired) electrons. The van der Waals surface area contributed by atoms with Gasteiger partial charge in [0.1, 0.15) is 0 Å². The largest absolute Gasteiger partial charge is 0.480 e. The van der Waals surface area contributed by atoms with E-state index in [0.29, 0.717) is 0 Å². The molecular formula is C7H11NO5. The molecule has 13 heavy (non-hydrogen) atoms. The number of rotatable bonds is 6. The van der Waals surface area contributed by atoms with Gasteiger partial charge in [0.25, 0.3) is 0 Å². The molecule has 74 valence electrons. The molecule has 0 rings (SSSR count).